The van der Waals surface area contributed by atoms with Crippen molar-refractivity contribution in [1.82, 2.24) is 10.6 Å². The van der Waals surface area contributed by atoms with Crippen molar-refractivity contribution in [3.63, 3.8) is 0 Å². The van der Waals surface area contributed by atoms with E-state index in [1.54, 1.807) is 7.11 Å². The molecule has 1 heterocycles. The van der Waals surface area contributed by atoms with Crippen molar-refractivity contribution in [2.45, 2.75) is 43.7 Å². The quantitative estimate of drug-likeness (QED) is 0.805. The molecule has 0 amide bonds. The first-order valence-electron chi connectivity index (χ1n) is 10.0. The maximum absolute atomic E-state index is 5.34. The minimum atomic E-state index is 0. The van der Waals surface area contributed by atoms with Crippen molar-refractivity contribution in [3.8, 4) is 5.75 Å². The van der Waals surface area contributed by atoms with Gasteiger partial charge in [0.05, 0.1) is 19.2 Å². The Kier molecular flexibility index (Phi) is 6.97. The van der Waals surface area contributed by atoms with Gasteiger partial charge in [-0.05, 0) is 54.9 Å². The first kappa shape index (κ1) is 20.7. The monoisotopic (exact) mass is 399 g/mol. The maximum atomic E-state index is 5.34. The van der Waals surface area contributed by atoms with E-state index in [0.717, 1.165) is 44.1 Å². The number of aliphatic imine (C=N–C) groups is 1. The fourth-order valence-electron chi connectivity index (χ4n) is 4.47. The largest absolute Gasteiger partial charge is 0.497 e. The molecule has 5 heteroatoms. The minimum Gasteiger partial charge on any atom is -0.497 e. The summed E-state index contributed by atoms with van der Waals surface area (Å²) in [6.07, 6.45) is 4.68. The molecule has 0 aromatic heterocycles. The van der Waals surface area contributed by atoms with Gasteiger partial charge in [0.2, 0.25) is 0 Å². The van der Waals surface area contributed by atoms with Crippen LogP contribution in [0, 0.1) is 0 Å². The lowest BCUT2D eigenvalue weighted by molar-refractivity contribution is 0.276. The minimum absolute atomic E-state index is 0. The van der Waals surface area contributed by atoms with Crippen LogP contribution in [0.2, 0.25) is 0 Å². The van der Waals surface area contributed by atoms with Crippen molar-refractivity contribution in [2.75, 3.05) is 20.2 Å². The van der Waals surface area contributed by atoms with Gasteiger partial charge in [-0.1, -0.05) is 42.5 Å². The van der Waals surface area contributed by atoms with Crippen molar-refractivity contribution in [3.05, 3.63) is 65.7 Å². The molecule has 0 unspecified atom stereocenters. The fourth-order valence-corrected chi connectivity index (χ4v) is 4.47. The lowest BCUT2D eigenvalue weighted by Gasteiger charge is -2.44. The molecule has 1 saturated carbocycles. The standard InChI is InChI=1S/C23H29N3O.ClH/c1-27-21-9-5-6-18(16-21)17-25-22-23(26-15-14-24-22)12-10-20(11-13-23)19-7-3-2-4-8-19;/h2-9,16,20,26H,10-15,17H2,1H3,(H,24,25);1H. The first-order chi connectivity index (χ1) is 13.3. The van der Waals surface area contributed by atoms with Gasteiger partial charge >= 0.3 is 0 Å². The highest BCUT2D eigenvalue weighted by Gasteiger charge is 2.41. The van der Waals surface area contributed by atoms with Gasteiger partial charge < -0.3 is 15.4 Å². The van der Waals surface area contributed by atoms with Gasteiger partial charge in [0.25, 0.3) is 0 Å². The van der Waals surface area contributed by atoms with E-state index in [2.05, 4.69) is 53.1 Å². The summed E-state index contributed by atoms with van der Waals surface area (Å²) < 4.78 is 5.34. The Morgan fingerprint density at radius 3 is 2.64 bits per heavy atom. The van der Waals surface area contributed by atoms with Crippen LogP contribution in [-0.4, -0.2) is 31.6 Å². The second kappa shape index (κ2) is 9.44. The SMILES string of the molecule is COc1cccc(CNC2=NCCNC23CCC(c2ccccc2)CC3)c1.Cl. The van der Waals surface area contributed by atoms with Crippen LogP contribution >= 0.6 is 12.4 Å². The molecule has 2 aromatic rings. The van der Waals surface area contributed by atoms with Crippen LogP contribution in [0.3, 0.4) is 0 Å². The van der Waals surface area contributed by atoms with Crippen LogP contribution in [-0.2, 0) is 6.54 Å². The van der Waals surface area contributed by atoms with Gasteiger partial charge in [-0.25, -0.2) is 0 Å². The Bertz CT molecular complexity index is 785. The molecule has 2 N–H and O–H groups in total. The van der Waals surface area contributed by atoms with E-state index in [1.807, 2.05) is 12.1 Å². The molecule has 1 aliphatic heterocycles. The number of ether oxygens (including phenoxy) is 1. The molecular weight excluding hydrogens is 370 g/mol. The molecule has 0 atom stereocenters. The molecule has 0 bridgehead atoms. The Morgan fingerprint density at radius 2 is 1.89 bits per heavy atom. The van der Waals surface area contributed by atoms with Crippen molar-refractivity contribution in [1.29, 1.82) is 0 Å². The van der Waals surface area contributed by atoms with Crippen LogP contribution in [0.25, 0.3) is 0 Å². The third-order valence-electron chi connectivity index (χ3n) is 6.00. The third-order valence-corrected chi connectivity index (χ3v) is 6.00. The zero-order valence-corrected chi connectivity index (χ0v) is 17.3. The molecule has 0 radical (unpaired) electrons. The Morgan fingerprint density at radius 1 is 1.11 bits per heavy atom. The van der Waals surface area contributed by atoms with E-state index in [-0.39, 0.29) is 17.9 Å². The van der Waals surface area contributed by atoms with E-state index >= 15 is 0 Å². The molecule has 4 nitrogen and oxygen atoms in total. The highest BCUT2D eigenvalue weighted by Crippen LogP contribution is 2.39. The van der Waals surface area contributed by atoms with Gasteiger partial charge in [-0.15, -0.1) is 12.4 Å². The fraction of sp³-hybridized carbons (Fsp3) is 0.435. The molecule has 0 saturated heterocycles. The number of amidine groups is 1. The molecule has 28 heavy (non-hydrogen) atoms. The molecule has 2 aromatic carbocycles. The van der Waals surface area contributed by atoms with E-state index in [9.17, 15) is 0 Å². The number of halogens is 1. The van der Waals surface area contributed by atoms with Gasteiger partial charge in [0, 0.05) is 13.1 Å². The van der Waals surface area contributed by atoms with Crippen molar-refractivity contribution < 1.29 is 4.74 Å². The average molecular weight is 400 g/mol. The lowest BCUT2D eigenvalue weighted by Crippen LogP contribution is -2.61. The van der Waals surface area contributed by atoms with Crippen LogP contribution in [0.15, 0.2) is 59.6 Å². The number of methoxy groups -OCH3 is 1. The number of hydrogen-bond acceptors (Lipinski definition) is 4. The number of rotatable bonds is 4. The summed E-state index contributed by atoms with van der Waals surface area (Å²) in [5.74, 6) is 2.71. The number of hydrogen-bond donors (Lipinski definition) is 2. The highest BCUT2D eigenvalue weighted by molar-refractivity contribution is 5.92. The average Bonchev–Trinajstić information content (AvgIpc) is 2.74. The second-order valence-corrected chi connectivity index (χ2v) is 7.63. The summed E-state index contributed by atoms with van der Waals surface area (Å²) in [5, 5.41) is 7.43. The zero-order valence-electron chi connectivity index (χ0n) is 16.5. The molecule has 4 rings (SSSR count). The zero-order chi connectivity index (χ0) is 18.5. The molecule has 1 fully saturated rings. The van der Waals surface area contributed by atoms with Crippen LogP contribution in [0.1, 0.15) is 42.7 Å². The predicted molar refractivity (Wildman–Crippen MR) is 118 cm³/mol. The second-order valence-electron chi connectivity index (χ2n) is 7.63. The summed E-state index contributed by atoms with van der Waals surface area (Å²) in [6, 6.07) is 19.2. The number of nitrogens with one attached hydrogen (secondary N) is 2. The van der Waals surface area contributed by atoms with Crippen molar-refractivity contribution in [2.24, 2.45) is 4.99 Å². The summed E-state index contributed by atoms with van der Waals surface area (Å²) in [6.45, 7) is 2.60. The third kappa shape index (κ3) is 4.50. The summed E-state index contributed by atoms with van der Waals surface area (Å²) in [5.41, 5.74) is 2.71. The van der Waals surface area contributed by atoms with Gasteiger partial charge in [-0.2, -0.15) is 0 Å². The molecule has 1 spiro atoms. The smallest absolute Gasteiger partial charge is 0.119 e. The molecule has 1 aliphatic carbocycles. The summed E-state index contributed by atoms with van der Waals surface area (Å²) in [4.78, 5) is 4.87. The van der Waals surface area contributed by atoms with Crippen LogP contribution in [0.5, 0.6) is 5.75 Å². The highest BCUT2D eigenvalue weighted by atomic mass is 35.5. The molecule has 150 valence electrons. The number of nitrogens with zero attached hydrogens (tertiary/aromatic N) is 1. The van der Waals surface area contributed by atoms with E-state index in [4.69, 9.17) is 9.73 Å². The maximum Gasteiger partial charge on any atom is 0.119 e. The van der Waals surface area contributed by atoms with Gasteiger partial charge in [-0.3, -0.25) is 4.99 Å². The van der Waals surface area contributed by atoms with Crippen LogP contribution in [0.4, 0.5) is 0 Å². The lowest BCUT2D eigenvalue weighted by atomic mass is 9.73. The van der Waals surface area contributed by atoms with Crippen molar-refractivity contribution >= 4 is 18.2 Å². The number of benzene rings is 2. The molecule has 2 aliphatic rings. The van der Waals surface area contributed by atoms with Gasteiger partial charge in [0.15, 0.2) is 0 Å². The summed E-state index contributed by atoms with van der Waals surface area (Å²) in [7, 11) is 1.71. The Labute approximate surface area is 174 Å². The van der Waals surface area contributed by atoms with Crippen LogP contribution < -0.4 is 15.4 Å². The van der Waals surface area contributed by atoms with E-state index in [1.165, 1.54) is 24.0 Å². The van der Waals surface area contributed by atoms with E-state index in [0.29, 0.717) is 5.92 Å². The summed E-state index contributed by atoms with van der Waals surface area (Å²) >= 11 is 0. The first-order valence-corrected chi connectivity index (χ1v) is 10.0. The topological polar surface area (TPSA) is 45.6 Å². The Hall–Kier alpha value is -2.04. The Balaban J connectivity index is 0.00000225. The predicted octanol–water partition coefficient (Wildman–Crippen LogP) is 4.30. The normalized spacial score (nSPS) is 24.2. The van der Waals surface area contributed by atoms with Gasteiger partial charge in [0.1, 0.15) is 11.6 Å². The van der Waals surface area contributed by atoms with E-state index < -0.39 is 0 Å². The molecular formula is C23H30ClN3O.